The molecule has 2 aromatic rings. The van der Waals surface area contributed by atoms with Crippen molar-refractivity contribution in [3.8, 4) is 0 Å². The zero-order valence-electron chi connectivity index (χ0n) is 13.9. The Bertz CT molecular complexity index is 744. The molecule has 1 aromatic carbocycles. The van der Waals surface area contributed by atoms with E-state index in [1.165, 1.54) is 18.7 Å². The number of Topliss-reactive ketones (excluding diaryl/α,β-unsaturated/α-hetero) is 1. The van der Waals surface area contributed by atoms with Crippen LogP contribution in [0.2, 0.25) is 0 Å². The van der Waals surface area contributed by atoms with Crippen molar-refractivity contribution in [1.29, 1.82) is 0 Å². The molecular weight excluding hydrogens is 326 g/mol. The zero-order valence-corrected chi connectivity index (χ0v) is 14.8. The molecule has 0 bridgehead atoms. The van der Waals surface area contributed by atoms with Crippen molar-refractivity contribution in [2.24, 2.45) is 0 Å². The summed E-state index contributed by atoms with van der Waals surface area (Å²) in [5.74, 6) is 0.743. The molecule has 7 nitrogen and oxygen atoms in total. The third-order valence-corrected chi connectivity index (χ3v) is 4.33. The normalized spacial score (nSPS) is 12.0. The number of hydrogen-bond donors (Lipinski definition) is 2. The average molecular weight is 347 g/mol. The van der Waals surface area contributed by atoms with Crippen LogP contribution in [-0.4, -0.2) is 32.2 Å². The number of thioether (sulfide) groups is 1. The first-order valence-corrected chi connectivity index (χ1v) is 8.71. The summed E-state index contributed by atoms with van der Waals surface area (Å²) >= 11 is 1.48. The van der Waals surface area contributed by atoms with Crippen molar-refractivity contribution in [1.82, 2.24) is 14.8 Å². The van der Waals surface area contributed by atoms with Gasteiger partial charge in [-0.25, -0.2) is 0 Å². The summed E-state index contributed by atoms with van der Waals surface area (Å²) in [6.07, 6.45) is 0.539. The van der Waals surface area contributed by atoms with E-state index in [0.717, 1.165) is 5.75 Å². The predicted molar refractivity (Wildman–Crippen MR) is 95.2 cm³/mol. The fourth-order valence-corrected chi connectivity index (χ4v) is 3.05. The van der Waals surface area contributed by atoms with Gasteiger partial charge in [0, 0.05) is 11.3 Å². The molecule has 0 spiro atoms. The van der Waals surface area contributed by atoms with E-state index in [0.29, 0.717) is 22.8 Å². The molecule has 0 aliphatic carbocycles. The first-order valence-electron chi connectivity index (χ1n) is 7.72. The van der Waals surface area contributed by atoms with Crippen LogP contribution in [0, 0.1) is 0 Å². The SMILES string of the molecule is CCSc1nnc(N)n1C(CC)C(=O)Nc1cccc(C(C)=O)c1. The summed E-state index contributed by atoms with van der Waals surface area (Å²) in [5.41, 5.74) is 7.01. The number of rotatable bonds is 7. The van der Waals surface area contributed by atoms with E-state index in [1.807, 2.05) is 13.8 Å². The lowest BCUT2D eigenvalue weighted by Crippen LogP contribution is -2.27. The van der Waals surface area contributed by atoms with Crippen LogP contribution >= 0.6 is 11.8 Å². The number of hydrogen-bond acceptors (Lipinski definition) is 6. The quantitative estimate of drug-likeness (QED) is 0.590. The third kappa shape index (κ3) is 3.94. The summed E-state index contributed by atoms with van der Waals surface area (Å²) in [4.78, 5) is 24.2. The standard InChI is InChI=1S/C16H21N5O2S/c1-4-13(21-15(17)19-20-16(21)24-5-2)14(23)18-12-8-6-7-11(9-12)10(3)22/h6-9,13H,4-5H2,1-3H3,(H2,17,19)(H,18,23). The molecule has 1 heterocycles. The Hall–Kier alpha value is -2.35. The number of ketones is 1. The smallest absolute Gasteiger partial charge is 0.247 e. The number of nitrogen functional groups attached to an aromatic ring is 1. The lowest BCUT2D eigenvalue weighted by molar-refractivity contribution is -0.119. The molecule has 1 atom stereocenters. The highest BCUT2D eigenvalue weighted by molar-refractivity contribution is 7.99. The van der Waals surface area contributed by atoms with Crippen LogP contribution < -0.4 is 11.1 Å². The van der Waals surface area contributed by atoms with Gasteiger partial charge in [0.25, 0.3) is 0 Å². The summed E-state index contributed by atoms with van der Waals surface area (Å²) < 4.78 is 1.65. The second kappa shape index (κ2) is 7.96. The summed E-state index contributed by atoms with van der Waals surface area (Å²) in [5, 5.41) is 11.4. The Morgan fingerprint density at radius 2 is 2.08 bits per heavy atom. The van der Waals surface area contributed by atoms with Crippen molar-refractivity contribution in [2.75, 3.05) is 16.8 Å². The van der Waals surface area contributed by atoms with Gasteiger partial charge in [-0.15, -0.1) is 10.2 Å². The average Bonchev–Trinajstić information content (AvgIpc) is 2.90. The van der Waals surface area contributed by atoms with Gasteiger partial charge in [0.1, 0.15) is 6.04 Å². The number of carbonyl (C=O) groups excluding carboxylic acids is 2. The van der Waals surface area contributed by atoms with Gasteiger partial charge in [-0.3, -0.25) is 14.2 Å². The van der Waals surface area contributed by atoms with Crippen LogP contribution in [0.25, 0.3) is 0 Å². The van der Waals surface area contributed by atoms with E-state index in [4.69, 9.17) is 5.73 Å². The van der Waals surface area contributed by atoms with Crippen molar-refractivity contribution < 1.29 is 9.59 Å². The monoisotopic (exact) mass is 347 g/mol. The van der Waals surface area contributed by atoms with Crippen molar-refractivity contribution >= 4 is 35.1 Å². The second-order valence-corrected chi connectivity index (χ2v) is 6.43. The number of aromatic nitrogens is 3. The van der Waals surface area contributed by atoms with Crippen LogP contribution in [-0.2, 0) is 4.79 Å². The largest absolute Gasteiger partial charge is 0.368 e. The number of nitrogens with zero attached hydrogens (tertiary/aromatic N) is 3. The Kier molecular flexibility index (Phi) is 5.97. The first-order chi connectivity index (χ1) is 11.5. The van der Waals surface area contributed by atoms with Crippen LogP contribution in [0.15, 0.2) is 29.4 Å². The maximum absolute atomic E-state index is 12.7. The Labute approximate surface area is 145 Å². The lowest BCUT2D eigenvalue weighted by atomic mass is 10.1. The summed E-state index contributed by atoms with van der Waals surface area (Å²) in [6.45, 7) is 5.38. The van der Waals surface area contributed by atoms with Crippen molar-refractivity contribution in [2.45, 2.75) is 38.4 Å². The van der Waals surface area contributed by atoms with E-state index in [-0.39, 0.29) is 17.6 Å². The lowest BCUT2D eigenvalue weighted by Gasteiger charge is -2.19. The van der Waals surface area contributed by atoms with Crippen molar-refractivity contribution in [3.05, 3.63) is 29.8 Å². The van der Waals surface area contributed by atoms with E-state index in [1.54, 1.807) is 28.8 Å². The number of carbonyl (C=O) groups is 2. The minimum atomic E-state index is -0.518. The topological polar surface area (TPSA) is 103 Å². The highest BCUT2D eigenvalue weighted by Gasteiger charge is 2.24. The summed E-state index contributed by atoms with van der Waals surface area (Å²) in [6, 6.07) is 6.33. The number of nitrogens with two attached hydrogens (primary N) is 1. The van der Waals surface area contributed by atoms with Crippen molar-refractivity contribution in [3.63, 3.8) is 0 Å². The van der Waals surface area contributed by atoms with Gasteiger partial charge in [-0.05, 0) is 31.2 Å². The Morgan fingerprint density at radius 1 is 1.33 bits per heavy atom. The molecule has 24 heavy (non-hydrogen) atoms. The van der Waals surface area contributed by atoms with Crippen LogP contribution in [0.1, 0.15) is 43.6 Å². The highest BCUT2D eigenvalue weighted by Crippen LogP contribution is 2.26. The highest BCUT2D eigenvalue weighted by atomic mass is 32.2. The van der Waals surface area contributed by atoms with E-state index < -0.39 is 6.04 Å². The number of anilines is 2. The molecule has 1 aromatic heterocycles. The van der Waals surface area contributed by atoms with Crippen LogP contribution in [0.5, 0.6) is 0 Å². The number of amides is 1. The van der Waals surface area contributed by atoms with Crippen LogP contribution in [0.4, 0.5) is 11.6 Å². The van der Waals surface area contributed by atoms with Crippen LogP contribution in [0.3, 0.4) is 0 Å². The number of benzene rings is 1. The van der Waals surface area contributed by atoms with Gasteiger partial charge in [-0.2, -0.15) is 0 Å². The third-order valence-electron chi connectivity index (χ3n) is 3.50. The fraction of sp³-hybridized carbons (Fsp3) is 0.375. The van der Waals surface area contributed by atoms with E-state index in [2.05, 4.69) is 15.5 Å². The Balaban J connectivity index is 2.25. The molecule has 0 saturated heterocycles. The second-order valence-electron chi connectivity index (χ2n) is 5.19. The zero-order chi connectivity index (χ0) is 17.7. The molecule has 2 rings (SSSR count). The molecule has 0 aliphatic rings. The van der Waals surface area contributed by atoms with Gasteiger partial charge in [-0.1, -0.05) is 37.7 Å². The molecular formula is C16H21N5O2S. The minimum absolute atomic E-state index is 0.0529. The molecule has 1 amide bonds. The maximum Gasteiger partial charge on any atom is 0.247 e. The summed E-state index contributed by atoms with van der Waals surface area (Å²) in [7, 11) is 0. The predicted octanol–water partition coefficient (Wildman–Crippen LogP) is 2.76. The number of nitrogens with one attached hydrogen (secondary N) is 1. The molecule has 1 unspecified atom stereocenters. The molecule has 128 valence electrons. The first kappa shape index (κ1) is 18.0. The van der Waals surface area contributed by atoms with E-state index >= 15 is 0 Å². The molecule has 8 heteroatoms. The minimum Gasteiger partial charge on any atom is -0.368 e. The Morgan fingerprint density at radius 3 is 2.71 bits per heavy atom. The molecule has 0 aliphatic heterocycles. The van der Waals surface area contributed by atoms with Gasteiger partial charge < -0.3 is 11.1 Å². The van der Waals surface area contributed by atoms with Gasteiger partial charge in [0.15, 0.2) is 10.9 Å². The molecule has 0 fully saturated rings. The maximum atomic E-state index is 12.7. The molecule has 0 radical (unpaired) electrons. The fourth-order valence-electron chi connectivity index (χ4n) is 2.34. The van der Waals surface area contributed by atoms with Gasteiger partial charge in [0.05, 0.1) is 0 Å². The van der Waals surface area contributed by atoms with Gasteiger partial charge in [0.2, 0.25) is 11.9 Å². The molecule has 3 N–H and O–H groups in total. The van der Waals surface area contributed by atoms with E-state index in [9.17, 15) is 9.59 Å². The molecule has 0 saturated carbocycles. The van der Waals surface area contributed by atoms with Gasteiger partial charge >= 0.3 is 0 Å².